The standard InChI is InChI=1S/C27H30BrN3O4.C5H6BNO2/c1-5-18(4)24-23-20(14-11-15-21(23)28)26(35-17-19-12-9-8-10-13-19)25(31(24)30-6-2)27(33)29-16-22(32)34-7-3;8-6(9)5-1-3-7-4-2-5/h6,8-15H,5,7,16-17H2,1-4H3,(H,29,33);1-4,8-9H/b24-18-,30-6-;. The van der Waals surface area contributed by atoms with Gasteiger partial charge in [-0.3, -0.25) is 14.6 Å². The Morgan fingerprint density at radius 2 is 1.77 bits per heavy atom. The van der Waals surface area contributed by atoms with Crippen molar-refractivity contribution in [1.82, 2.24) is 15.3 Å². The average Bonchev–Trinajstić information content (AvgIpc) is 3.03. The number of rotatable bonds is 10. The second kappa shape index (κ2) is 17.1. The largest absolute Gasteiger partial charge is 0.488 e. The summed E-state index contributed by atoms with van der Waals surface area (Å²) in [6.45, 7) is 7.80. The van der Waals surface area contributed by atoms with E-state index >= 15 is 0 Å². The van der Waals surface area contributed by atoms with E-state index in [1.54, 1.807) is 37.2 Å². The molecule has 0 atom stereocenters. The number of amides is 1. The molecule has 0 fully saturated rings. The second-order valence-electron chi connectivity index (χ2n) is 9.42. The number of pyridine rings is 1. The number of hydrogen-bond acceptors (Lipinski definition) is 9. The first-order chi connectivity index (χ1) is 21.2. The fourth-order valence-electron chi connectivity index (χ4n) is 4.25. The minimum Gasteiger partial charge on any atom is -0.486 e. The molecule has 3 N–H and O–H groups in total. The van der Waals surface area contributed by atoms with Gasteiger partial charge in [0.2, 0.25) is 0 Å². The van der Waals surface area contributed by atoms with Crippen LogP contribution in [0.25, 0.3) is 11.5 Å². The van der Waals surface area contributed by atoms with Gasteiger partial charge < -0.3 is 24.8 Å². The molecule has 1 amide bonds. The van der Waals surface area contributed by atoms with Crippen LogP contribution in [-0.4, -0.2) is 58.4 Å². The van der Waals surface area contributed by atoms with E-state index < -0.39 is 19.0 Å². The zero-order valence-corrected chi connectivity index (χ0v) is 26.7. The molecule has 0 bridgehead atoms. The maximum absolute atomic E-state index is 13.6. The number of nitrogens with one attached hydrogen (secondary N) is 1. The number of carbonyl (C=O) groups excluding carboxylic acids is 2. The van der Waals surface area contributed by atoms with E-state index in [-0.39, 0.29) is 25.5 Å². The molecule has 230 valence electrons. The lowest BCUT2D eigenvalue weighted by Gasteiger charge is -2.34. The number of halogens is 1. The first kappa shape index (κ1) is 34.2. The summed E-state index contributed by atoms with van der Waals surface area (Å²) >= 11 is 3.69. The van der Waals surface area contributed by atoms with Crippen LogP contribution >= 0.6 is 15.9 Å². The van der Waals surface area contributed by atoms with Gasteiger partial charge in [0.05, 0.1) is 12.3 Å². The van der Waals surface area contributed by atoms with Crippen LogP contribution in [0.1, 0.15) is 50.8 Å². The lowest BCUT2D eigenvalue weighted by atomic mass is 9.81. The molecule has 1 aliphatic heterocycles. The third kappa shape index (κ3) is 8.88. The van der Waals surface area contributed by atoms with E-state index in [0.717, 1.165) is 38.9 Å². The number of esters is 1. The summed E-state index contributed by atoms with van der Waals surface area (Å²) in [5.41, 5.74) is 5.12. The topological polar surface area (TPSA) is 134 Å². The molecule has 0 unspecified atom stereocenters. The highest BCUT2D eigenvalue weighted by Gasteiger charge is 2.36. The predicted octanol–water partition coefficient (Wildman–Crippen LogP) is 4.24. The summed E-state index contributed by atoms with van der Waals surface area (Å²) < 4.78 is 12.2. The van der Waals surface area contributed by atoms with Gasteiger partial charge in [-0.15, -0.1) is 0 Å². The molecule has 0 saturated heterocycles. The van der Waals surface area contributed by atoms with Crippen LogP contribution in [0, 0.1) is 0 Å². The Bertz CT molecular complexity index is 1510. The summed E-state index contributed by atoms with van der Waals surface area (Å²) in [7, 11) is -1.38. The molecule has 1 aromatic heterocycles. The summed E-state index contributed by atoms with van der Waals surface area (Å²) in [4.78, 5) is 29.2. The van der Waals surface area contributed by atoms with Gasteiger partial charge in [-0.05, 0) is 62.0 Å². The number of ether oxygens (including phenoxy) is 2. The van der Waals surface area contributed by atoms with Gasteiger partial charge >= 0.3 is 13.1 Å². The molecule has 4 rings (SSSR count). The molecule has 0 radical (unpaired) electrons. The zero-order valence-electron chi connectivity index (χ0n) is 25.2. The summed E-state index contributed by atoms with van der Waals surface area (Å²) in [6.07, 6.45) is 5.39. The minimum absolute atomic E-state index is 0.205. The first-order valence-electron chi connectivity index (χ1n) is 14.1. The van der Waals surface area contributed by atoms with Crippen LogP contribution in [0.2, 0.25) is 0 Å². The Labute approximate surface area is 266 Å². The van der Waals surface area contributed by atoms with Crippen molar-refractivity contribution >= 4 is 58.1 Å². The number of aromatic nitrogens is 1. The van der Waals surface area contributed by atoms with E-state index in [2.05, 4.69) is 38.3 Å². The maximum atomic E-state index is 13.6. The maximum Gasteiger partial charge on any atom is 0.488 e. The van der Waals surface area contributed by atoms with Crippen molar-refractivity contribution in [3.63, 3.8) is 0 Å². The number of allylic oxidation sites excluding steroid dienone is 1. The van der Waals surface area contributed by atoms with Crippen molar-refractivity contribution in [3.8, 4) is 0 Å². The van der Waals surface area contributed by atoms with Gasteiger partial charge in [0.25, 0.3) is 5.91 Å². The van der Waals surface area contributed by atoms with Crippen molar-refractivity contribution in [2.75, 3.05) is 13.2 Å². The Balaban J connectivity index is 0.000000502. The quantitative estimate of drug-likeness (QED) is 0.167. The summed E-state index contributed by atoms with van der Waals surface area (Å²) in [6, 6.07) is 18.6. The summed E-state index contributed by atoms with van der Waals surface area (Å²) in [5, 5.41) is 25.9. The van der Waals surface area contributed by atoms with Gasteiger partial charge in [-0.1, -0.05) is 65.3 Å². The molecule has 2 heterocycles. The lowest BCUT2D eigenvalue weighted by molar-refractivity contribution is -0.143. The van der Waals surface area contributed by atoms with Crippen molar-refractivity contribution in [3.05, 3.63) is 105 Å². The molecule has 1 aliphatic rings. The Hall–Kier alpha value is -4.26. The molecule has 3 aromatic rings. The molecule has 12 heteroatoms. The van der Waals surface area contributed by atoms with Gasteiger partial charge in [-0.2, -0.15) is 5.10 Å². The third-order valence-corrected chi connectivity index (χ3v) is 7.10. The SMILES string of the molecule is C/C=N\N1C(C(=O)NCC(=O)OCC)=C(OCc2ccccc2)c2cccc(Br)c2/C1=C(\C)CC.OB(O)c1ccncc1. The van der Waals surface area contributed by atoms with Crippen LogP contribution in [-0.2, 0) is 25.7 Å². The average molecular weight is 663 g/mol. The van der Waals surface area contributed by atoms with Crippen molar-refractivity contribution in [2.45, 2.75) is 40.7 Å². The van der Waals surface area contributed by atoms with Crippen LogP contribution in [0.5, 0.6) is 0 Å². The lowest BCUT2D eigenvalue weighted by Crippen LogP contribution is -2.38. The third-order valence-electron chi connectivity index (χ3n) is 6.44. The molecule has 44 heavy (non-hydrogen) atoms. The fourth-order valence-corrected chi connectivity index (χ4v) is 4.80. The van der Waals surface area contributed by atoms with Gasteiger partial charge in [0.1, 0.15) is 13.2 Å². The number of fused-ring (bicyclic) bond motifs is 1. The van der Waals surface area contributed by atoms with E-state index in [1.807, 2.05) is 55.5 Å². The highest BCUT2D eigenvalue weighted by molar-refractivity contribution is 9.10. The molecular formula is C32H36BBrN4O6. The first-order valence-corrected chi connectivity index (χ1v) is 14.9. The second-order valence-corrected chi connectivity index (χ2v) is 10.3. The predicted molar refractivity (Wildman–Crippen MR) is 175 cm³/mol. The van der Waals surface area contributed by atoms with Gasteiger partial charge in [-0.25, -0.2) is 5.01 Å². The number of benzene rings is 2. The molecular weight excluding hydrogens is 627 g/mol. The minimum atomic E-state index is -1.38. The van der Waals surface area contributed by atoms with Crippen LogP contribution in [0.4, 0.5) is 0 Å². The van der Waals surface area contributed by atoms with Crippen molar-refractivity contribution in [1.29, 1.82) is 0 Å². The van der Waals surface area contributed by atoms with Gasteiger partial charge in [0, 0.05) is 34.2 Å². The van der Waals surface area contributed by atoms with Gasteiger partial charge in [0.15, 0.2) is 11.5 Å². The Kier molecular flexibility index (Phi) is 13.3. The molecule has 0 spiro atoms. The van der Waals surface area contributed by atoms with E-state index in [0.29, 0.717) is 11.2 Å². The fraction of sp³-hybridized carbons (Fsp3) is 0.250. The molecule has 0 aliphatic carbocycles. The Morgan fingerprint density at radius 3 is 2.36 bits per heavy atom. The highest BCUT2D eigenvalue weighted by Crippen LogP contribution is 2.44. The molecule has 0 saturated carbocycles. The van der Waals surface area contributed by atoms with Crippen LogP contribution < -0.4 is 10.8 Å². The molecule has 2 aromatic carbocycles. The van der Waals surface area contributed by atoms with Crippen molar-refractivity contribution < 1.29 is 29.1 Å². The number of nitrogens with zero attached hydrogens (tertiary/aromatic N) is 3. The van der Waals surface area contributed by atoms with Crippen LogP contribution in [0.15, 0.2) is 93.9 Å². The van der Waals surface area contributed by atoms with E-state index in [4.69, 9.17) is 19.5 Å². The van der Waals surface area contributed by atoms with Crippen molar-refractivity contribution in [2.24, 2.45) is 5.10 Å². The number of hydrogen-bond donors (Lipinski definition) is 3. The normalized spacial score (nSPS) is 13.5. The van der Waals surface area contributed by atoms with E-state index in [1.165, 1.54) is 12.4 Å². The number of hydrazone groups is 1. The Morgan fingerprint density at radius 1 is 1.07 bits per heavy atom. The number of carbonyl (C=O) groups is 2. The van der Waals surface area contributed by atoms with Crippen LogP contribution in [0.3, 0.4) is 0 Å². The molecule has 10 nitrogen and oxygen atoms in total. The monoisotopic (exact) mass is 662 g/mol. The smallest absolute Gasteiger partial charge is 0.486 e. The zero-order chi connectivity index (χ0) is 32.1. The van der Waals surface area contributed by atoms with E-state index in [9.17, 15) is 9.59 Å². The summed E-state index contributed by atoms with van der Waals surface area (Å²) in [5.74, 6) is -0.623. The highest BCUT2D eigenvalue weighted by atomic mass is 79.9.